The fourth-order valence-corrected chi connectivity index (χ4v) is 1.58. The third-order valence-corrected chi connectivity index (χ3v) is 2.53. The highest BCUT2D eigenvalue weighted by Crippen LogP contribution is 2.26. The average Bonchev–Trinajstić information content (AvgIpc) is 2.17. The van der Waals surface area contributed by atoms with Gasteiger partial charge < -0.3 is 9.64 Å². The molecular formula is C10H11BrFNO2. The molecule has 0 aliphatic heterocycles. The molecule has 0 saturated heterocycles. The summed E-state index contributed by atoms with van der Waals surface area (Å²) in [5, 5.41) is 0. The zero-order chi connectivity index (χ0) is 11.6. The molecule has 0 atom stereocenters. The highest BCUT2D eigenvalue weighted by molar-refractivity contribution is 9.10. The van der Waals surface area contributed by atoms with Gasteiger partial charge in [-0.3, -0.25) is 4.79 Å². The lowest BCUT2D eigenvalue weighted by molar-refractivity contribution is 0.0826. The molecule has 1 amide bonds. The minimum atomic E-state index is -0.500. The Hall–Kier alpha value is -1.10. The van der Waals surface area contributed by atoms with E-state index in [2.05, 4.69) is 15.9 Å². The van der Waals surface area contributed by atoms with Crippen LogP contribution in [0, 0.1) is 5.82 Å². The Morgan fingerprint density at radius 3 is 2.53 bits per heavy atom. The van der Waals surface area contributed by atoms with Gasteiger partial charge in [-0.1, -0.05) is 0 Å². The normalized spacial score (nSPS) is 9.93. The molecule has 0 radical (unpaired) electrons. The van der Waals surface area contributed by atoms with Crippen LogP contribution in [0.5, 0.6) is 5.75 Å². The van der Waals surface area contributed by atoms with E-state index in [1.165, 1.54) is 24.1 Å². The van der Waals surface area contributed by atoms with Crippen LogP contribution in [0.1, 0.15) is 10.4 Å². The minimum absolute atomic E-state index is 0.0587. The second-order valence-electron chi connectivity index (χ2n) is 3.17. The molecule has 0 aromatic heterocycles. The second kappa shape index (κ2) is 4.61. The quantitative estimate of drug-likeness (QED) is 0.829. The lowest BCUT2D eigenvalue weighted by Crippen LogP contribution is -2.22. The Morgan fingerprint density at radius 1 is 1.47 bits per heavy atom. The van der Waals surface area contributed by atoms with Crippen LogP contribution in [-0.4, -0.2) is 32.0 Å². The molecular weight excluding hydrogens is 265 g/mol. The SMILES string of the molecule is COc1cc(C(=O)N(C)C)c(Br)cc1F. The Bertz CT molecular complexity index is 393. The Balaban J connectivity index is 3.24. The van der Waals surface area contributed by atoms with Crippen molar-refractivity contribution in [1.82, 2.24) is 4.90 Å². The maximum absolute atomic E-state index is 13.2. The van der Waals surface area contributed by atoms with E-state index in [1.807, 2.05) is 0 Å². The number of amides is 1. The van der Waals surface area contributed by atoms with Crippen LogP contribution < -0.4 is 4.74 Å². The molecule has 0 bridgehead atoms. The first-order chi connectivity index (χ1) is 6.97. The molecule has 0 heterocycles. The van der Waals surface area contributed by atoms with Gasteiger partial charge in [0.2, 0.25) is 0 Å². The predicted octanol–water partition coefficient (Wildman–Crippen LogP) is 2.30. The summed E-state index contributed by atoms with van der Waals surface area (Å²) in [6, 6.07) is 2.59. The van der Waals surface area contributed by atoms with E-state index in [-0.39, 0.29) is 11.7 Å². The van der Waals surface area contributed by atoms with Crippen molar-refractivity contribution in [3.8, 4) is 5.75 Å². The molecule has 1 aromatic rings. The summed E-state index contributed by atoms with van der Waals surface area (Å²) in [5.74, 6) is -0.650. The van der Waals surface area contributed by atoms with Crippen LogP contribution >= 0.6 is 15.9 Å². The first-order valence-corrected chi connectivity index (χ1v) is 5.01. The lowest BCUT2D eigenvalue weighted by atomic mass is 10.2. The first kappa shape index (κ1) is 12.0. The molecule has 0 unspecified atom stereocenters. The smallest absolute Gasteiger partial charge is 0.254 e. The van der Waals surface area contributed by atoms with Crippen molar-refractivity contribution in [3.63, 3.8) is 0 Å². The molecule has 15 heavy (non-hydrogen) atoms. The third kappa shape index (κ3) is 2.47. The Labute approximate surface area is 96.0 Å². The fourth-order valence-electron chi connectivity index (χ4n) is 1.09. The molecule has 0 spiro atoms. The molecule has 0 N–H and O–H groups in total. The summed E-state index contributed by atoms with van der Waals surface area (Å²) in [5.41, 5.74) is 0.373. The third-order valence-electron chi connectivity index (χ3n) is 1.88. The average molecular weight is 276 g/mol. The number of rotatable bonds is 2. The van der Waals surface area contributed by atoms with E-state index in [0.29, 0.717) is 10.0 Å². The van der Waals surface area contributed by atoms with Crippen LogP contribution in [0.4, 0.5) is 4.39 Å². The maximum atomic E-state index is 13.2. The number of hydrogen-bond donors (Lipinski definition) is 0. The lowest BCUT2D eigenvalue weighted by Gasteiger charge is -2.13. The number of methoxy groups -OCH3 is 1. The summed E-state index contributed by atoms with van der Waals surface area (Å²) in [6.45, 7) is 0. The second-order valence-corrected chi connectivity index (χ2v) is 4.02. The van der Waals surface area contributed by atoms with E-state index in [4.69, 9.17) is 4.74 Å². The standard InChI is InChI=1S/C10H11BrFNO2/c1-13(2)10(14)6-4-9(15-3)8(12)5-7(6)11/h4-5H,1-3H3. The summed E-state index contributed by atoms with van der Waals surface area (Å²) >= 11 is 3.14. The van der Waals surface area contributed by atoms with E-state index in [1.54, 1.807) is 14.1 Å². The van der Waals surface area contributed by atoms with Gasteiger partial charge in [-0.05, 0) is 28.1 Å². The molecule has 0 aliphatic rings. The summed E-state index contributed by atoms with van der Waals surface area (Å²) in [4.78, 5) is 13.1. The Kier molecular flexibility index (Phi) is 3.68. The Morgan fingerprint density at radius 2 is 2.07 bits per heavy atom. The van der Waals surface area contributed by atoms with Crippen LogP contribution in [0.25, 0.3) is 0 Å². The van der Waals surface area contributed by atoms with Gasteiger partial charge in [0.1, 0.15) is 0 Å². The highest BCUT2D eigenvalue weighted by atomic mass is 79.9. The van der Waals surface area contributed by atoms with Crippen molar-refractivity contribution < 1.29 is 13.9 Å². The molecule has 1 aromatic carbocycles. The van der Waals surface area contributed by atoms with Crippen molar-refractivity contribution in [2.75, 3.05) is 21.2 Å². The molecule has 1 rings (SSSR count). The number of hydrogen-bond acceptors (Lipinski definition) is 2. The van der Waals surface area contributed by atoms with Gasteiger partial charge in [-0.2, -0.15) is 0 Å². The maximum Gasteiger partial charge on any atom is 0.254 e. The number of carbonyl (C=O) groups excluding carboxylic acids is 1. The number of ether oxygens (including phenoxy) is 1. The van der Waals surface area contributed by atoms with Crippen molar-refractivity contribution in [1.29, 1.82) is 0 Å². The van der Waals surface area contributed by atoms with Gasteiger partial charge in [-0.25, -0.2) is 4.39 Å². The zero-order valence-corrected chi connectivity index (χ0v) is 10.3. The van der Waals surface area contributed by atoms with Gasteiger partial charge in [0.05, 0.1) is 12.7 Å². The molecule has 0 fully saturated rings. The molecule has 82 valence electrons. The molecule has 0 saturated carbocycles. The van der Waals surface area contributed by atoms with Gasteiger partial charge in [0.25, 0.3) is 5.91 Å². The number of halogens is 2. The van der Waals surface area contributed by atoms with Crippen molar-refractivity contribution >= 4 is 21.8 Å². The van der Waals surface area contributed by atoms with Crippen molar-refractivity contribution in [2.24, 2.45) is 0 Å². The number of nitrogens with zero attached hydrogens (tertiary/aromatic N) is 1. The summed E-state index contributed by atoms with van der Waals surface area (Å²) < 4.78 is 18.4. The highest BCUT2D eigenvalue weighted by Gasteiger charge is 2.16. The van der Waals surface area contributed by atoms with E-state index < -0.39 is 5.82 Å². The largest absolute Gasteiger partial charge is 0.494 e. The van der Waals surface area contributed by atoms with E-state index >= 15 is 0 Å². The fraction of sp³-hybridized carbons (Fsp3) is 0.300. The van der Waals surface area contributed by atoms with E-state index in [0.717, 1.165) is 0 Å². The van der Waals surface area contributed by atoms with Crippen LogP contribution in [0.3, 0.4) is 0 Å². The van der Waals surface area contributed by atoms with Gasteiger partial charge in [-0.15, -0.1) is 0 Å². The number of benzene rings is 1. The van der Waals surface area contributed by atoms with E-state index in [9.17, 15) is 9.18 Å². The molecule has 3 nitrogen and oxygen atoms in total. The van der Waals surface area contributed by atoms with Gasteiger partial charge in [0.15, 0.2) is 11.6 Å². The van der Waals surface area contributed by atoms with Crippen LogP contribution in [0.15, 0.2) is 16.6 Å². The zero-order valence-electron chi connectivity index (χ0n) is 8.67. The molecule has 0 aliphatic carbocycles. The van der Waals surface area contributed by atoms with Crippen molar-refractivity contribution in [2.45, 2.75) is 0 Å². The van der Waals surface area contributed by atoms with Crippen LogP contribution in [-0.2, 0) is 0 Å². The minimum Gasteiger partial charge on any atom is -0.494 e. The van der Waals surface area contributed by atoms with Gasteiger partial charge in [0, 0.05) is 18.6 Å². The first-order valence-electron chi connectivity index (χ1n) is 4.22. The topological polar surface area (TPSA) is 29.5 Å². The summed E-state index contributed by atoms with van der Waals surface area (Å²) in [6.07, 6.45) is 0. The van der Waals surface area contributed by atoms with Gasteiger partial charge >= 0.3 is 0 Å². The number of carbonyl (C=O) groups is 1. The predicted molar refractivity (Wildman–Crippen MR) is 58.7 cm³/mol. The molecule has 5 heteroatoms. The summed E-state index contributed by atoms with van der Waals surface area (Å²) in [7, 11) is 4.62. The monoisotopic (exact) mass is 275 g/mol. The van der Waals surface area contributed by atoms with Crippen molar-refractivity contribution in [3.05, 3.63) is 28.0 Å². The van der Waals surface area contributed by atoms with Crippen LogP contribution in [0.2, 0.25) is 0 Å².